The van der Waals surface area contributed by atoms with Crippen molar-refractivity contribution in [1.82, 2.24) is 33.8 Å². The van der Waals surface area contributed by atoms with Gasteiger partial charge in [0.2, 0.25) is 5.78 Å². The standard InChI is InChI=1S/C24H24F3N7O3S/c1-3-19-21(33-13-15(2)10-29-23(33)31-19)22(35)28-11-16-5-4-6-17(9-16)18-12-30-34-8-7-32(14-20(18)34)38(36,37)24(25,26)27/h4-6,9-10,12-13H,3,7-8,11,14H2,1-2H3,(H,28,35). The molecule has 38 heavy (non-hydrogen) atoms. The van der Waals surface area contributed by atoms with Crippen molar-refractivity contribution in [2.45, 2.75) is 45.4 Å². The Labute approximate surface area is 216 Å². The van der Waals surface area contributed by atoms with Gasteiger partial charge in [0.05, 0.1) is 30.7 Å². The molecule has 0 radical (unpaired) electrons. The second-order valence-corrected chi connectivity index (χ2v) is 10.9. The van der Waals surface area contributed by atoms with Crippen molar-refractivity contribution in [3.05, 3.63) is 71.1 Å². The number of fused-ring (bicyclic) bond motifs is 2. The van der Waals surface area contributed by atoms with Crippen LogP contribution < -0.4 is 5.32 Å². The van der Waals surface area contributed by atoms with Crippen LogP contribution in [0.2, 0.25) is 0 Å². The Hall–Kier alpha value is -3.78. The lowest BCUT2D eigenvalue weighted by Crippen LogP contribution is -2.44. The average molecular weight is 548 g/mol. The minimum atomic E-state index is -5.46. The van der Waals surface area contributed by atoms with Gasteiger partial charge in [0, 0.05) is 31.0 Å². The van der Waals surface area contributed by atoms with Gasteiger partial charge < -0.3 is 5.32 Å². The lowest BCUT2D eigenvalue weighted by molar-refractivity contribution is -0.0496. The summed E-state index contributed by atoms with van der Waals surface area (Å²) in [6.07, 6.45) is 5.55. The normalized spacial score (nSPS) is 14.6. The molecule has 1 N–H and O–H groups in total. The molecule has 0 fully saturated rings. The monoisotopic (exact) mass is 547 g/mol. The van der Waals surface area contributed by atoms with Crippen molar-refractivity contribution in [2.24, 2.45) is 0 Å². The summed E-state index contributed by atoms with van der Waals surface area (Å²) in [5.41, 5.74) is -1.18. The molecule has 5 rings (SSSR count). The van der Waals surface area contributed by atoms with Crippen molar-refractivity contribution >= 4 is 21.7 Å². The molecule has 1 aliphatic heterocycles. The summed E-state index contributed by atoms with van der Waals surface area (Å²) in [6.45, 7) is 3.20. The number of hydrogen-bond acceptors (Lipinski definition) is 6. The zero-order chi connectivity index (χ0) is 27.2. The van der Waals surface area contributed by atoms with Crippen LogP contribution in [0.25, 0.3) is 16.9 Å². The minimum Gasteiger partial charge on any atom is -0.347 e. The zero-order valence-corrected chi connectivity index (χ0v) is 21.3. The molecular weight excluding hydrogens is 523 g/mol. The molecule has 0 saturated heterocycles. The van der Waals surface area contributed by atoms with Crippen LogP contribution in [0.1, 0.15) is 39.9 Å². The Morgan fingerprint density at radius 2 is 1.97 bits per heavy atom. The van der Waals surface area contributed by atoms with Crippen LogP contribution in [-0.2, 0) is 36.1 Å². The van der Waals surface area contributed by atoms with Gasteiger partial charge in [0.25, 0.3) is 5.91 Å². The number of rotatable bonds is 6. The third-order valence-electron chi connectivity index (χ3n) is 6.39. The Balaban J connectivity index is 1.37. The predicted octanol–water partition coefficient (Wildman–Crippen LogP) is 3.06. The van der Waals surface area contributed by atoms with E-state index in [4.69, 9.17) is 0 Å². The maximum atomic E-state index is 13.1. The third-order valence-corrected chi connectivity index (χ3v) is 7.97. The van der Waals surface area contributed by atoms with Crippen LogP contribution in [0.15, 0.2) is 42.9 Å². The molecule has 200 valence electrons. The van der Waals surface area contributed by atoms with E-state index in [1.807, 2.05) is 13.8 Å². The molecule has 0 saturated carbocycles. The van der Waals surface area contributed by atoms with E-state index in [-0.39, 0.29) is 25.5 Å². The number of carbonyl (C=O) groups excluding carboxylic acids is 1. The van der Waals surface area contributed by atoms with E-state index in [0.29, 0.717) is 44.7 Å². The van der Waals surface area contributed by atoms with E-state index >= 15 is 0 Å². The van der Waals surface area contributed by atoms with E-state index in [9.17, 15) is 26.4 Å². The van der Waals surface area contributed by atoms with Crippen molar-refractivity contribution < 1.29 is 26.4 Å². The Morgan fingerprint density at radius 1 is 1.18 bits per heavy atom. The highest BCUT2D eigenvalue weighted by Gasteiger charge is 2.50. The molecule has 0 unspecified atom stereocenters. The number of amides is 1. The summed E-state index contributed by atoms with van der Waals surface area (Å²) in [6, 6.07) is 7.11. The van der Waals surface area contributed by atoms with Crippen LogP contribution in [0.5, 0.6) is 0 Å². The van der Waals surface area contributed by atoms with Gasteiger partial charge in [0.15, 0.2) is 0 Å². The van der Waals surface area contributed by atoms with Crippen LogP contribution in [0, 0.1) is 6.92 Å². The van der Waals surface area contributed by atoms with Crippen molar-refractivity contribution in [1.29, 1.82) is 0 Å². The van der Waals surface area contributed by atoms with Crippen molar-refractivity contribution in [2.75, 3.05) is 6.54 Å². The Morgan fingerprint density at radius 3 is 2.71 bits per heavy atom. The number of aryl methyl sites for hydroxylation is 2. The summed E-state index contributed by atoms with van der Waals surface area (Å²) in [5.74, 6) is 0.121. The largest absolute Gasteiger partial charge is 0.511 e. The molecule has 0 atom stereocenters. The summed E-state index contributed by atoms with van der Waals surface area (Å²) >= 11 is 0. The van der Waals surface area contributed by atoms with Gasteiger partial charge in [-0.2, -0.15) is 22.6 Å². The van der Waals surface area contributed by atoms with Gasteiger partial charge in [-0.1, -0.05) is 25.1 Å². The molecule has 10 nitrogen and oxygen atoms in total. The molecule has 4 heterocycles. The van der Waals surface area contributed by atoms with Gasteiger partial charge in [-0.3, -0.25) is 13.9 Å². The second-order valence-electron chi connectivity index (χ2n) is 8.96. The predicted molar refractivity (Wildman–Crippen MR) is 131 cm³/mol. The number of carbonyl (C=O) groups is 1. The molecule has 14 heteroatoms. The van der Waals surface area contributed by atoms with Crippen LogP contribution in [0.4, 0.5) is 13.2 Å². The topological polar surface area (TPSA) is 114 Å². The number of alkyl halides is 3. The summed E-state index contributed by atoms with van der Waals surface area (Å²) in [4.78, 5) is 21.9. The number of halogens is 3. The van der Waals surface area contributed by atoms with Gasteiger partial charge >= 0.3 is 15.5 Å². The number of aromatic nitrogens is 5. The van der Waals surface area contributed by atoms with Gasteiger partial charge in [0.1, 0.15) is 5.69 Å². The first-order chi connectivity index (χ1) is 18.0. The first-order valence-electron chi connectivity index (χ1n) is 11.8. The number of imidazole rings is 1. The van der Waals surface area contributed by atoms with E-state index in [1.165, 1.54) is 10.9 Å². The van der Waals surface area contributed by atoms with Gasteiger partial charge in [-0.05, 0) is 36.1 Å². The fourth-order valence-corrected chi connectivity index (χ4v) is 5.40. The second kappa shape index (κ2) is 9.51. The summed E-state index contributed by atoms with van der Waals surface area (Å²) in [5, 5.41) is 7.14. The van der Waals surface area contributed by atoms with Crippen LogP contribution >= 0.6 is 0 Å². The maximum absolute atomic E-state index is 13.1. The number of nitrogens with zero attached hydrogens (tertiary/aromatic N) is 6. The molecular formula is C24H24F3N7O3S. The smallest absolute Gasteiger partial charge is 0.347 e. The summed E-state index contributed by atoms with van der Waals surface area (Å²) < 4.78 is 66.8. The molecule has 3 aromatic heterocycles. The van der Waals surface area contributed by atoms with Crippen molar-refractivity contribution in [3.63, 3.8) is 0 Å². The highest BCUT2D eigenvalue weighted by atomic mass is 32.2. The van der Waals surface area contributed by atoms with Crippen molar-refractivity contribution in [3.8, 4) is 11.1 Å². The molecule has 0 spiro atoms. The fraction of sp³-hybridized carbons (Fsp3) is 0.333. The lowest BCUT2D eigenvalue weighted by atomic mass is 10.0. The maximum Gasteiger partial charge on any atom is 0.511 e. The first-order valence-corrected chi connectivity index (χ1v) is 13.3. The highest BCUT2D eigenvalue weighted by molar-refractivity contribution is 7.89. The Kier molecular flexibility index (Phi) is 6.47. The molecule has 1 aliphatic rings. The zero-order valence-electron chi connectivity index (χ0n) is 20.5. The lowest BCUT2D eigenvalue weighted by Gasteiger charge is -2.28. The van der Waals surface area contributed by atoms with E-state index in [1.54, 1.807) is 41.1 Å². The molecule has 4 aromatic rings. The molecule has 1 amide bonds. The minimum absolute atomic E-state index is 0.00773. The van der Waals surface area contributed by atoms with E-state index < -0.39 is 22.1 Å². The third kappa shape index (κ3) is 4.53. The SMILES string of the molecule is CCc1nc2ncc(C)cn2c1C(=O)NCc1cccc(-c2cnn3c2CN(S(=O)(=O)C(F)(F)F)CC3)c1. The number of nitrogens with one attached hydrogen (secondary N) is 1. The van der Waals surface area contributed by atoms with E-state index in [2.05, 4.69) is 20.4 Å². The summed E-state index contributed by atoms with van der Waals surface area (Å²) in [7, 11) is -5.46. The number of hydrogen-bond donors (Lipinski definition) is 1. The Bertz CT molecular complexity index is 1640. The molecule has 1 aromatic carbocycles. The first kappa shape index (κ1) is 25.9. The molecule has 0 bridgehead atoms. The van der Waals surface area contributed by atoms with Gasteiger partial charge in [-0.25, -0.2) is 18.4 Å². The van der Waals surface area contributed by atoms with Crippen LogP contribution in [0.3, 0.4) is 0 Å². The number of benzene rings is 1. The van der Waals surface area contributed by atoms with Gasteiger partial charge in [-0.15, -0.1) is 0 Å². The fourth-order valence-electron chi connectivity index (χ4n) is 4.49. The van der Waals surface area contributed by atoms with E-state index in [0.717, 1.165) is 11.1 Å². The van der Waals surface area contributed by atoms with Crippen LogP contribution in [-0.4, -0.2) is 54.8 Å². The molecule has 0 aliphatic carbocycles. The average Bonchev–Trinajstić information content (AvgIpc) is 3.47. The number of sulfonamides is 1. The highest BCUT2D eigenvalue weighted by Crippen LogP contribution is 2.33. The quantitative estimate of drug-likeness (QED) is 0.397.